The average molecular weight is 411 g/mol. The Morgan fingerprint density at radius 3 is 2.37 bits per heavy atom. The van der Waals surface area contributed by atoms with Crippen LogP contribution in [0.3, 0.4) is 0 Å². The summed E-state index contributed by atoms with van der Waals surface area (Å²) in [5.74, 6) is 0.0132. The number of hydrogen-bond donors (Lipinski definition) is 1. The second kappa shape index (κ2) is 10.8. The molecule has 160 valence electrons. The van der Waals surface area contributed by atoms with Gasteiger partial charge in [0.2, 0.25) is 5.91 Å². The normalized spacial score (nSPS) is 14.4. The van der Waals surface area contributed by atoms with E-state index in [2.05, 4.69) is 10.2 Å². The van der Waals surface area contributed by atoms with Gasteiger partial charge in [0.15, 0.2) is 0 Å². The molecule has 1 aliphatic heterocycles. The van der Waals surface area contributed by atoms with Crippen molar-refractivity contribution >= 4 is 23.2 Å². The Kier molecular flexibility index (Phi) is 7.82. The highest BCUT2D eigenvalue weighted by atomic mass is 16.5. The lowest BCUT2D eigenvalue weighted by molar-refractivity contribution is -0.122. The third-order valence-corrected chi connectivity index (χ3v) is 5.29. The number of carbonyl (C=O) groups is 2. The Labute approximate surface area is 178 Å². The van der Waals surface area contributed by atoms with Gasteiger partial charge < -0.3 is 19.9 Å². The van der Waals surface area contributed by atoms with Crippen molar-refractivity contribution in [2.45, 2.75) is 0 Å². The molecule has 7 heteroatoms. The van der Waals surface area contributed by atoms with E-state index in [1.807, 2.05) is 71.4 Å². The van der Waals surface area contributed by atoms with Crippen molar-refractivity contribution in [2.75, 3.05) is 64.9 Å². The van der Waals surface area contributed by atoms with Crippen LogP contribution in [0, 0.1) is 0 Å². The molecule has 1 aliphatic rings. The van der Waals surface area contributed by atoms with Gasteiger partial charge in [0.05, 0.1) is 24.4 Å². The van der Waals surface area contributed by atoms with Crippen molar-refractivity contribution in [3.8, 4) is 0 Å². The minimum atomic E-state index is -0.0124. The zero-order chi connectivity index (χ0) is 21.3. The molecule has 0 unspecified atom stereocenters. The fraction of sp³-hybridized carbons (Fsp3) is 0.391. The van der Waals surface area contributed by atoms with E-state index in [1.165, 1.54) is 0 Å². The van der Waals surface area contributed by atoms with Crippen LogP contribution < -0.4 is 10.2 Å². The van der Waals surface area contributed by atoms with E-state index in [-0.39, 0.29) is 11.8 Å². The van der Waals surface area contributed by atoms with Crippen LogP contribution in [-0.2, 0) is 9.53 Å². The summed E-state index contributed by atoms with van der Waals surface area (Å²) in [6.45, 7) is 3.94. The molecule has 2 aromatic rings. The maximum atomic E-state index is 13.2. The fourth-order valence-electron chi connectivity index (χ4n) is 3.57. The van der Waals surface area contributed by atoms with Crippen LogP contribution in [0.1, 0.15) is 10.4 Å². The number of hydrogen-bond acceptors (Lipinski definition) is 5. The summed E-state index contributed by atoms with van der Waals surface area (Å²) in [6, 6.07) is 17.7. The van der Waals surface area contributed by atoms with Crippen LogP contribution in [-0.4, -0.2) is 81.6 Å². The highest BCUT2D eigenvalue weighted by Gasteiger charge is 2.25. The van der Waals surface area contributed by atoms with Gasteiger partial charge >= 0.3 is 0 Å². The summed E-state index contributed by atoms with van der Waals surface area (Å²) in [5.41, 5.74) is 2.60. The molecule has 30 heavy (non-hydrogen) atoms. The first-order chi connectivity index (χ1) is 14.6. The molecule has 0 saturated carbocycles. The van der Waals surface area contributed by atoms with Gasteiger partial charge in [0.25, 0.3) is 5.91 Å². The minimum Gasteiger partial charge on any atom is -0.383 e. The first kappa shape index (κ1) is 21.8. The van der Waals surface area contributed by atoms with Crippen molar-refractivity contribution in [3.63, 3.8) is 0 Å². The maximum Gasteiger partial charge on any atom is 0.256 e. The number of piperazine rings is 1. The Balaban J connectivity index is 1.60. The lowest BCUT2D eigenvalue weighted by atomic mass is 10.1. The zero-order valence-corrected chi connectivity index (χ0v) is 17.7. The van der Waals surface area contributed by atoms with E-state index < -0.39 is 0 Å². The summed E-state index contributed by atoms with van der Waals surface area (Å²) in [4.78, 5) is 31.2. The second-order valence-corrected chi connectivity index (χ2v) is 7.32. The van der Waals surface area contributed by atoms with Crippen molar-refractivity contribution in [3.05, 3.63) is 60.2 Å². The summed E-state index contributed by atoms with van der Waals surface area (Å²) in [7, 11) is 3.58. The smallest absolute Gasteiger partial charge is 0.256 e. The second-order valence-electron chi connectivity index (χ2n) is 7.32. The molecular formula is C23H30N4O3. The fourth-order valence-corrected chi connectivity index (χ4v) is 3.57. The van der Waals surface area contributed by atoms with Crippen molar-refractivity contribution < 1.29 is 14.3 Å². The molecule has 0 aromatic heterocycles. The number of ether oxygens (including phenoxy) is 1. The summed E-state index contributed by atoms with van der Waals surface area (Å²) in [6.07, 6.45) is 0. The number of amides is 2. The first-order valence-corrected chi connectivity index (χ1v) is 10.2. The summed E-state index contributed by atoms with van der Waals surface area (Å²) >= 11 is 0. The molecular weight excluding hydrogens is 380 g/mol. The predicted molar refractivity (Wildman–Crippen MR) is 118 cm³/mol. The number of carbonyl (C=O) groups excluding carboxylic acids is 2. The quantitative estimate of drug-likeness (QED) is 0.674. The topological polar surface area (TPSA) is 65.1 Å². The third kappa shape index (κ3) is 5.58. The van der Waals surface area contributed by atoms with E-state index in [0.717, 1.165) is 11.4 Å². The lowest BCUT2D eigenvalue weighted by Crippen LogP contribution is -2.51. The molecule has 0 spiro atoms. The lowest BCUT2D eigenvalue weighted by Gasteiger charge is -2.35. The molecule has 1 fully saturated rings. The van der Waals surface area contributed by atoms with Crippen LogP contribution >= 0.6 is 0 Å². The van der Waals surface area contributed by atoms with Crippen LogP contribution in [0.4, 0.5) is 11.4 Å². The van der Waals surface area contributed by atoms with Gasteiger partial charge in [-0.25, -0.2) is 0 Å². The first-order valence-electron chi connectivity index (χ1n) is 10.2. The Morgan fingerprint density at radius 1 is 1.00 bits per heavy atom. The molecule has 7 nitrogen and oxygen atoms in total. The van der Waals surface area contributed by atoms with E-state index in [9.17, 15) is 9.59 Å². The molecule has 2 aromatic carbocycles. The molecule has 1 saturated heterocycles. The molecule has 1 heterocycles. The van der Waals surface area contributed by atoms with Crippen molar-refractivity contribution in [2.24, 2.45) is 0 Å². The summed E-state index contributed by atoms with van der Waals surface area (Å²) < 4.78 is 4.94. The third-order valence-electron chi connectivity index (χ3n) is 5.29. The van der Waals surface area contributed by atoms with E-state index in [1.54, 1.807) is 7.11 Å². The average Bonchev–Trinajstić information content (AvgIpc) is 2.79. The zero-order valence-electron chi connectivity index (χ0n) is 17.7. The molecule has 1 N–H and O–H groups in total. The van der Waals surface area contributed by atoms with Crippen LogP contribution in [0.5, 0.6) is 0 Å². The number of para-hydroxylation sites is 2. The highest BCUT2D eigenvalue weighted by molar-refractivity contribution is 6.00. The highest BCUT2D eigenvalue weighted by Crippen LogP contribution is 2.28. The number of rotatable bonds is 8. The molecule has 2 amide bonds. The molecule has 0 bridgehead atoms. The molecule has 0 atom stereocenters. The number of methoxy groups -OCH3 is 1. The van der Waals surface area contributed by atoms with Gasteiger partial charge in [-0.05, 0) is 24.3 Å². The number of benzene rings is 2. The summed E-state index contributed by atoms with van der Waals surface area (Å²) in [5, 5.41) is 2.83. The van der Waals surface area contributed by atoms with Gasteiger partial charge in [-0.3, -0.25) is 14.5 Å². The SMILES string of the molecule is COCCNC(=O)CN1CCN(C(=O)c2ccccc2N(C)c2ccccc2)CC1. The van der Waals surface area contributed by atoms with Gasteiger partial charge in [-0.2, -0.15) is 0 Å². The van der Waals surface area contributed by atoms with Gasteiger partial charge in [0.1, 0.15) is 0 Å². The van der Waals surface area contributed by atoms with Crippen LogP contribution in [0.25, 0.3) is 0 Å². The molecule has 0 aliphatic carbocycles. The van der Waals surface area contributed by atoms with E-state index in [0.29, 0.717) is 51.4 Å². The number of nitrogens with zero attached hydrogens (tertiary/aromatic N) is 3. The standard InChI is InChI=1S/C23H30N4O3/c1-25(19-8-4-3-5-9-19)21-11-7-6-10-20(21)23(29)27-15-13-26(14-16-27)18-22(28)24-12-17-30-2/h3-11H,12-18H2,1-2H3,(H,24,28). The Morgan fingerprint density at radius 2 is 1.67 bits per heavy atom. The number of anilines is 2. The van der Waals surface area contributed by atoms with Gasteiger partial charge in [0, 0.05) is 52.6 Å². The Bertz CT molecular complexity index is 835. The molecule has 3 rings (SSSR count). The number of nitrogens with one attached hydrogen (secondary N) is 1. The van der Waals surface area contributed by atoms with E-state index >= 15 is 0 Å². The van der Waals surface area contributed by atoms with E-state index in [4.69, 9.17) is 4.74 Å². The monoisotopic (exact) mass is 410 g/mol. The Hall–Kier alpha value is -2.90. The van der Waals surface area contributed by atoms with Crippen LogP contribution in [0.15, 0.2) is 54.6 Å². The maximum absolute atomic E-state index is 13.2. The largest absolute Gasteiger partial charge is 0.383 e. The predicted octanol–water partition coefficient (Wildman–Crippen LogP) is 1.97. The van der Waals surface area contributed by atoms with Crippen LogP contribution in [0.2, 0.25) is 0 Å². The minimum absolute atomic E-state index is 0.0124. The molecule has 0 radical (unpaired) electrons. The van der Waals surface area contributed by atoms with Crippen molar-refractivity contribution in [1.29, 1.82) is 0 Å². The van der Waals surface area contributed by atoms with Gasteiger partial charge in [-0.1, -0.05) is 30.3 Å². The van der Waals surface area contributed by atoms with Crippen molar-refractivity contribution in [1.82, 2.24) is 15.1 Å². The van der Waals surface area contributed by atoms with Gasteiger partial charge in [-0.15, -0.1) is 0 Å².